The highest BCUT2D eigenvalue weighted by Crippen LogP contribution is 2.16. The number of allylic oxidation sites excluding steroid dienone is 1. The van der Waals surface area contributed by atoms with Gasteiger partial charge in [-0.15, -0.1) is 6.58 Å². The third-order valence-electron chi connectivity index (χ3n) is 2.78. The number of rotatable bonds is 7. The number of nitrogens with one attached hydrogen (secondary N) is 1. The third-order valence-corrected chi connectivity index (χ3v) is 2.78. The number of benzene rings is 1. The average molecular weight is 255 g/mol. The highest BCUT2D eigenvalue weighted by molar-refractivity contribution is 5.94. The fraction of sp³-hybridized carbons (Fsp3) is 0.188. The van der Waals surface area contributed by atoms with E-state index in [1.807, 2.05) is 30.3 Å². The average Bonchev–Trinajstić information content (AvgIpc) is 2.92. The number of aromatic amines is 1. The van der Waals surface area contributed by atoms with Crippen LogP contribution < -0.4 is 4.74 Å². The highest BCUT2D eigenvalue weighted by Gasteiger charge is 2.08. The van der Waals surface area contributed by atoms with E-state index in [-0.39, 0.29) is 5.78 Å². The topological polar surface area (TPSA) is 42.1 Å². The van der Waals surface area contributed by atoms with Crippen molar-refractivity contribution in [2.45, 2.75) is 19.4 Å². The van der Waals surface area contributed by atoms with Gasteiger partial charge >= 0.3 is 0 Å². The molecule has 98 valence electrons. The fourth-order valence-corrected chi connectivity index (χ4v) is 1.73. The number of hydrogen-bond acceptors (Lipinski definition) is 2. The SMILES string of the molecule is C=CCCC(=O)c1cc(OCc2ccccc2)c[nH]1. The molecule has 1 aromatic heterocycles. The zero-order chi connectivity index (χ0) is 13.5. The second-order valence-corrected chi connectivity index (χ2v) is 4.27. The van der Waals surface area contributed by atoms with Crippen molar-refractivity contribution >= 4 is 5.78 Å². The summed E-state index contributed by atoms with van der Waals surface area (Å²) in [6.07, 6.45) is 4.62. The molecule has 0 spiro atoms. The molecule has 0 unspecified atom stereocenters. The molecule has 0 amide bonds. The Balaban J connectivity index is 1.90. The highest BCUT2D eigenvalue weighted by atomic mass is 16.5. The first-order valence-electron chi connectivity index (χ1n) is 6.29. The van der Waals surface area contributed by atoms with E-state index < -0.39 is 0 Å². The number of ether oxygens (including phenoxy) is 1. The molecule has 1 heterocycles. The first-order chi connectivity index (χ1) is 9.29. The summed E-state index contributed by atoms with van der Waals surface area (Å²) in [5.41, 5.74) is 1.69. The van der Waals surface area contributed by atoms with Crippen molar-refractivity contribution in [3.8, 4) is 5.75 Å². The molecule has 19 heavy (non-hydrogen) atoms. The van der Waals surface area contributed by atoms with Crippen molar-refractivity contribution < 1.29 is 9.53 Å². The molecule has 0 saturated heterocycles. The second kappa shape index (κ2) is 6.59. The molecule has 3 heteroatoms. The first kappa shape index (κ1) is 13.1. The van der Waals surface area contributed by atoms with Crippen LogP contribution in [-0.2, 0) is 6.61 Å². The quantitative estimate of drug-likeness (QED) is 0.605. The number of hydrogen-bond donors (Lipinski definition) is 1. The third kappa shape index (κ3) is 3.85. The normalized spacial score (nSPS) is 10.1. The number of H-pyrrole nitrogens is 1. The predicted octanol–water partition coefficient (Wildman–Crippen LogP) is 3.74. The Morgan fingerprint density at radius 1 is 1.32 bits per heavy atom. The lowest BCUT2D eigenvalue weighted by molar-refractivity contribution is 0.0979. The Hall–Kier alpha value is -2.29. The molecule has 0 aliphatic heterocycles. The molecule has 0 radical (unpaired) electrons. The van der Waals surface area contributed by atoms with Gasteiger partial charge in [0.1, 0.15) is 12.4 Å². The zero-order valence-corrected chi connectivity index (χ0v) is 10.8. The Morgan fingerprint density at radius 3 is 2.84 bits per heavy atom. The van der Waals surface area contributed by atoms with Crippen molar-refractivity contribution in [3.05, 3.63) is 66.5 Å². The van der Waals surface area contributed by atoms with Crippen LogP contribution in [0.3, 0.4) is 0 Å². The minimum absolute atomic E-state index is 0.0782. The molecule has 0 fully saturated rings. The van der Waals surface area contributed by atoms with Gasteiger partial charge in [0.2, 0.25) is 0 Å². The van der Waals surface area contributed by atoms with Crippen LogP contribution >= 0.6 is 0 Å². The number of aromatic nitrogens is 1. The minimum atomic E-state index is 0.0782. The van der Waals surface area contributed by atoms with Crippen LogP contribution in [0, 0.1) is 0 Å². The zero-order valence-electron chi connectivity index (χ0n) is 10.8. The van der Waals surface area contributed by atoms with Crippen LogP contribution in [-0.4, -0.2) is 10.8 Å². The molecule has 0 saturated carbocycles. The molecule has 0 aliphatic carbocycles. The smallest absolute Gasteiger partial charge is 0.179 e. The van der Waals surface area contributed by atoms with E-state index in [0.717, 1.165) is 5.56 Å². The van der Waals surface area contributed by atoms with Crippen molar-refractivity contribution in [2.24, 2.45) is 0 Å². The van der Waals surface area contributed by atoms with Gasteiger partial charge in [-0.1, -0.05) is 36.4 Å². The predicted molar refractivity (Wildman–Crippen MR) is 75.3 cm³/mol. The number of Topliss-reactive ketones (excluding diaryl/α,β-unsaturated/α-hetero) is 1. The van der Waals surface area contributed by atoms with Crippen molar-refractivity contribution in [2.75, 3.05) is 0 Å². The van der Waals surface area contributed by atoms with E-state index in [1.54, 1.807) is 18.3 Å². The van der Waals surface area contributed by atoms with Gasteiger partial charge in [-0.3, -0.25) is 4.79 Å². The summed E-state index contributed by atoms with van der Waals surface area (Å²) in [7, 11) is 0. The van der Waals surface area contributed by atoms with Crippen LogP contribution in [0.4, 0.5) is 0 Å². The van der Waals surface area contributed by atoms with Gasteiger partial charge in [-0.05, 0) is 12.0 Å². The van der Waals surface area contributed by atoms with Gasteiger partial charge in [-0.25, -0.2) is 0 Å². The van der Waals surface area contributed by atoms with Gasteiger partial charge < -0.3 is 9.72 Å². The Morgan fingerprint density at radius 2 is 2.11 bits per heavy atom. The molecule has 1 aromatic carbocycles. The van der Waals surface area contributed by atoms with Crippen molar-refractivity contribution in [1.82, 2.24) is 4.98 Å². The summed E-state index contributed by atoms with van der Waals surface area (Å²) in [6.45, 7) is 4.11. The molecule has 2 aromatic rings. The Labute approximate surface area is 112 Å². The summed E-state index contributed by atoms with van der Waals surface area (Å²) in [4.78, 5) is 14.7. The van der Waals surface area contributed by atoms with Gasteiger partial charge in [0.15, 0.2) is 5.78 Å². The maximum Gasteiger partial charge on any atom is 0.179 e. The second-order valence-electron chi connectivity index (χ2n) is 4.27. The molecular formula is C16H17NO2. The summed E-state index contributed by atoms with van der Waals surface area (Å²) in [5, 5.41) is 0. The van der Waals surface area contributed by atoms with Crippen molar-refractivity contribution in [1.29, 1.82) is 0 Å². The molecule has 1 N–H and O–H groups in total. The van der Waals surface area contributed by atoms with Crippen LogP contribution in [0.1, 0.15) is 28.9 Å². The minimum Gasteiger partial charge on any atom is -0.487 e. The van der Waals surface area contributed by atoms with E-state index in [0.29, 0.717) is 30.9 Å². The van der Waals surface area contributed by atoms with Crippen LogP contribution in [0.15, 0.2) is 55.3 Å². The monoisotopic (exact) mass is 255 g/mol. The fourth-order valence-electron chi connectivity index (χ4n) is 1.73. The summed E-state index contributed by atoms with van der Waals surface area (Å²) >= 11 is 0. The number of ketones is 1. The molecule has 0 bridgehead atoms. The van der Waals surface area contributed by atoms with Crippen molar-refractivity contribution in [3.63, 3.8) is 0 Å². The maximum atomic E-state index is 11.8. The number of carbonyl (C=O) groups is 1. The molecule has 0 aliphatic rings. The van der Waals surface area contributed by atoms with E-state index >= 15 is 0 Å². The standard InChI is InChI=1S/C16H17NO2/c1-2-3-9-16(18)15-10-14(11-17-15)19-12-13-7-5-4-6-8-13/h2,4-8,10-11,17H,1,3,9,12H2. The van der Waals surface area contributed by atoms with Crippen LogP contribution in [0.25, 0.3) is 0 Å². The Bertz CT molecular complexity index is 543. The number of carbonyl (C=O) groups excluding carboxylic acids is 1. The molecule has 2 rings (SSSR count). The summed E-state index contributed by atoms with van der Waals surface area (Å²) in [5.74, 6) is 0.764. The largest absolute Gasteiger partial charge is 0.487 e. The Kier molecular flexibility index (Phi) is 4.56. The van der Waals surface area contributed by atoms with Gasteiger partial charge in [0.25, 0.3) is 0 Å². The molecule has 0 atom stereocenters. The van der Waals surface area contributed by atoms with Crippen LogP contribution in [0.2, 0.25) is 0 Å². The first-order valence-corrected chi connectivity index (χ1v) is 6.29. The van der Waals surface area contributed by atoms with Crippen LogP contribution in [0.5, 0.6) is 5.75 Å². The van der Waals surface area contributed by atoms with Gasteiger partial charge in [0.05, 0.1) is 5.69 Å². The van der Waals surface area contributed by atoms with Gasteiger partial charge in [0, 0.05) is 18.7 Å². The maximum absolute atomic E-state index is 11.8. The lowest BCUT2D eigenvalue weighted by Gasteiger charge is -2.02. The lowest BCUT2D eigenvalue weighted by atomic mass is 10.2. The summed E-state index contributed by atoms with van der Waals surface area (Å²) < 4.78 is 5.62. The van der Waals surface area contributed by atoms with E-state index in [4.69, 9.17) is 4.74 Å². The van der Waals surface area contributed by atoms with E-state index in [9.17, 15) is 4.79 Å². The van der Waals surface area contributed by atoms with E-state index in [1.165, 1.54) is 0 Å². The summed E-state index contributed by atoms with van der Waals surface area (Å²) in [6, 6.07) is 11.7. The molecule has 3 nitrogen and oxygen atoms in total. The molecular weight excluding hydrogens is 238 g/mol. The lowest BCUT2D eigenvalue weighted by Crippen LogP contribution is -1.98. The van der Waals surface area contributed by atoms with E-state index in [2.05, 4.69) is 11.6 Å². The van der Waals surface area contributed by atoms with Gasteiger partial charge in [-0.2, -0.15) is 0 Å².